The molecule has 122 valence electrons. The first-order chi connectivity index (χ1) is 9.47. The Morgan fingerprint density at radius 2 is 2.10 bits per heavy atom. The minimum absolute atomic E-state index is 0. The van der Waals surface area contributed by atoms with E-state index in [4.69, 9.17) is 4.74 Å². The SMILES string of the molecule is CC(C)CN(C)C[C@@H]1CN(CCCNC(C)C)CCO1.[HH]. The maximum atomic E-state index is 5.91. The molecule has 0 spiro atoms. The van der Waals surface area contributed by atoms with E-state index >= 15 is 0 Å². The third-order valence-corrected chi connectivity index (χ3v) is 3.62. The Labute approximate surface area is 127 Å². The smallest absolute Gasteiger partial charge is 0.0829 e. The fraction of sp³-hybridized carbons (Fsp3) is 1.00. The molecule has 0 aromatic heterocycles. The van der Waals surface area contributed by atoms with Gasteiger partial charge in [-0.15, -0.1) is 0 Å². The molecule has 0 aliphatic carbocycles. The van der Waals surface area contributed by atoms with Gasteiger partial charge in [-0.1, -0.05) is 27.7 Å². The van der Waals surface area contributed by atoms with E-state index in [0.29, 0.717) is 12.1 Å². The summed E-state index contributed by atoms with van der Waals surface area (Å²) >= 11 is 0. The van der Waals surface area contributed by atoms with Gasteiger partial charge in [-0.05, 0) is 32.5 Å². The first kappa shape index (κ1) is 17.9. The summed E-state index contributed by atoms with van der Waals surface area (Å²) in [6.07, 6.45) is 1.61. The second-order valence-electron chi connectivity index (χ2n) is 6.87. The van der Waals surface area contributed by atoms with E-state index in [2.05, 4.69) is 49.9 Å². The van der Waals surface area contributed by atoms with Crippen LogP contribution in [0.25, 0.3) is 0 Å². The Kier molecular flexibility index (Phi) is 8.69. The lowest BCUT2D eigenvalue weighted by Gasteiger charge is -2.35. The quantitative estimate of drug-likeness (QED) is 0.656. The van der Waals surface area contributed by atoms with Gasteiger partial charge in [0.15, 0.2) is 0 Å². The van der Waals surface area contributed by atoms with E-state index in [-0.39, 0.29) is 1.43 Å². The number of ether oxygens (including phenoxy) is 1. The number of morpholine rings is 1. The minimum Gasteiger partial charge on any atom is -0.374 e. The number of nitrogens with zero attached hydrogens (tertiary/aromatic N) is 2. The van der Waals surface area contributed by atoms with Gasteiger partial charge in [0.2, 0.25) is 0 Å². The van der Waals surface area contributed by atoms with Gasteiger partial charge in [0.25, 0.3) is 0 Å². The maximum Gasteiger partial charge on any atom is 0.0829 e. The van der Waals surface area contributed by atoms with Gasteiger partial charge < -0.3 is 15.0 Å². The largest absolute Gasteiger partial charge is 0.374 e. The highest BCUT2D eigenvalue weighted by Crippen LogP contribution is 2.08. The number of hydrogen-bond donors (Lipinski definition) is 1. The van der Waals surface area contributed by atoms with Gasteiger partial charge in [-0.3, -0.25) is 4.90 Å². The fourth-order valence-electron chi connectivity index (χ4n) is 2.83. The number of rotatable bonds is 9. The van der Waals surface area contributed by atoms with Gasteiger partial charge in [0.1, 0.15) is 0 Å². The topological polar surface area (TPSA) is 27.7 Å². The van der Waals surface area contributed by atoms with Crippen LogP contribution in [0.15, 0.2) is 0 Å². The number of nitrogens with one attached hydrogen (secondary N) is 1. The van der Waals surface area contributed by atoms with Crippen LogP contribution in [0.3, 0.4) is 0 Å². The van der Waals surface area contributed by atoms with Gasteiger partial charge in [0.05, 0.1) is 12.7 Å². The standard InChI is InChI=1S/C16H35N3O.H2/c1-14(2)11-18(5)12-16-13-19(9-10-20-16)8-6-7-17-15(3)4;/h14-17H,6-13H2,1-5H3;1H/t16-;/m1./s1. The van der Waals surface area contributed by atoms with E-state index in [1.165, 1.54) is 13.0 Å². The molecule has 0 saturated carbocycles. The Morgan fingerprint density at radius 1 is 1.35 bits per heavy atom. The molecular weight excluding hydrogens is 250 g/mol. The molecule has 4 heteroatoms. The van der Waals surface area contributed by atoms with E-state index < -0.39 is 0 Å². The van der Waals surface area contributed by atoms with Crippen LogP contribution in [-0.4, -0.2) is 74.9 Å². The van der Waals surface area contributed by atoms with E-state index in [1.807, 2.05) is 0 Å². The number of hydrogen-bond acceptors (Lipinski definition) is 4. The minimum atomic E-state index is 0. The first-order valence-electron chi connectivity index (χ1n) is 8.23. The van der Waals surface area contributed by atoms with Crippen molar-refractivity contribution in [2.75, 3.05) is 52.9 Å². The first-order valence-corrected chi connectivity index (χ1v) is 8.23. The van der Waals surface area contributed by atoms with Crippen molar-refractivity contribution in [2.45, 2.75) is 46.3 Å². The molecule has 0 aromatic carbocycles. The lowest BCUT2D eigenvalue weighted by atomic mass is 10.2. The Hall–Kier alpha value is -0.160. The monoisotopic (exact) mass is 287 g/mol. The summed E-state index contributed by atoms with van der Waals surface area (Å²) in [5.41, 5.74) is 0. The molecular formula is C16H37N3O. The third kappa shape index (κ3) is 8.20. The predicted octanol–water partition coefficient (Wildman–Crippen LogP) is 1.91. The van der Waals surface area contributed by atoms with Crippen molar-refractivity contribution in [2.24, 2.45) is 5.92 Å². The highest BCUT2D eigenvalue weighted by atomic mass is 16.5. The molecule has 1 heterocycles. The summed E-state index contributed by atoms with van der Waals surface area (Å²) in [7, 11) is 2.20. The van der Waals surface area contributed by atoms with Crippen LogP contribution in [0.2, 0.25) is 0 Å². The fourth-order valence-corrected chi connectivity index (χ4v) is 2.83. The lowest BCUT2D eigenvalue weighted by molar-refractivity contribution is -0.0415. The van der Waals surface area contributed by atoms with Crippen molar-refractivity contribution in [3.05, 3.63) is 0 Å². The third-order valence-electron chi connectivity index (χ3n) is 3.62. The summed E-state index contributed by atoms with van der Waals surface area (Å²) in [5.74, 6) is 0.724. The van der Waals surface area contributed by atoms with Crippen molar-refractivity contribution in [1.29, 1.82) is 0 Å². The second kappa shape index (κ2) is 9.72. The van der Waals surface area contributed by atoms with E-state index in [9.17, 15) is 0 Å². The Bertz CT molecular complexity index is 252. The maximum absolute atomic E-state index is 5.91. The predicted molar refractivity (Wildman–Crippen MR) is 88.4 cm³/mol. The molecule has 1 saturated heterocycles. The van der Waals surface area contributed by atoms with Crippen molar-refractivity contribution in [3.63, 3.8) is 0 Å². The van der Waals surface area contributed by atoms with E-state index in [0.717, 1.165) is 45.2 Å². The van der Waals surface area contributed by atoms with Crippen LogP contribution in [0.1, 0.15) is 35.5 Å². The molecule has 0 bridgehead atoms. The zero-order valence-corrected chi connectivity index (χ0v) is 14.2. The zero-order chi connectivity index (χ0) is 15.0. The average molecular weight is 287 g/mol. The highest BCUT2D eigenvalue weighted by Gasteiger charge is 2.21. The molecule has 1 atom stereocenters. The van der Waals surface area contributed by atoms with Gasteiger partial charge >= 0.3 is 0 Å². The van der Waals surface area contributed by atoms with Crippen LogP contribution >= 0.6 is 0 Å². The number of likely N-dealkylation sites (N-methyl/N-ethyl adjacent to an activating group) is 1. The van der Waals surface area contributed by atoms with Crippen LogP contribution in [0.4, 0.5) is 0 Å². The molecule has 1 N–H and O–H groups in total. The lowest BCUT2D eigenvalue weighted by Crippen LogP contribution is -2.47. The van der Waals surface area contributed by atoms with Gasteiger partial charge in [-0.25, -0.2) is 0 Å². The van der Waals surface area contributed by atoms with Crippen LogP contribution in [0.5, 0.6) is 0 Å². The molecule has 1 aliphatic heterocycles. The molecule has 1 aliphatic rings. The van der Waals surface area contributed by atoms with Gasteiger partial charge in [0, 0.05) is 33.6 Å². The average Bonchev–Trinajstić information content (AvgIpc) is 2.33. The molecule has 20 heavy (non-hydrogen) atoms. The molecule has 1 rings (SSSR count). The summed E-state index contributed by atoms with van der Waals surface area (Å²) in [4.78, 5) is 4.96. The molecule has 0 unspecified atom stereocenters. The molecule has 0 amide bonds. The normalized spacial score (nSPS) is 21.3. The van der Waals surface area contributed by atoms with Crippen molar-refractivity contribution < 1.29 is 6.16 Å². The van der Waals surface area contributed by atoms with Crippen molar-refractivity contribution >= 4 is 0 Å². The summed E-state index contributed by atoms with van der Waals surface area (Å²) in [5, 5.41) is 3.48. The summed E-state index contributed by atoms with van der Waals surface area (Å²) in [6.45, 7) is 16.5. The van der Waals surface area contributed by atoms with E-state index in [1.54, 1.807) is 0 Å². The highest BCUT2D eigenvalue weighted by molar-refractivity contribution is 4.74. The molecule has 4 nitrogen and oxygen atoms in total. The van der Waals surface area contributed by atoms with Crippen LogP contribution in [0, 0.1) is 5.92 Å². The second-order valence-corrected chi connectivity index (χ2v) is 6.87. The zero-order valence-electron chi connectivity index (χ0n) is 14.2. The van der Waals surface area contributed by atoms with Crippen LogP contribution < -0.4 is 5.32 Å². The molecule has 1 fully saturated rings. The van der Waals surface area contributed by atoms with Crippen molar-refractivity contribution in [3.8, 4) is 0 Å². The Balaban J connectivity index is 0.00000400. The van der Waals surface area contributed by atoms with Crippen LogP contribution in [-0.2, 0) is 4.74 Å². The summed E-state index contributed by atoms with van der Waals surface area (Å²) in [6, 6.07) is 0.595. The summed E-state index contributed by atoms with van der Waals surface area (Å²) < 4.78 is 5.91. The van der Waals surface area contributed by atoms with Gasteiger partial charge in [-0.2, -0.15) is 0 Å². The Morgan fingerprint density at radius 3 is 2.75 bits per heavy atom. The van der Waals surface area contributed by atoms with Crippen molar-refractivity contribution in [1.82, 2.24) is 15.1 Å². The molecule has 0 aromatic rings. The molecule has 0 radical (unpaired) electrons.